The predicted molar refractivity (Wildman–Crippen MR) is 74.0 cm³/mol. The summed E-state index contributed by atoms with van der Waals surface area (Å²) in [6.07, 6.45) is 6.79. The van der Waals surface area contributed by atoms with E-state index < -0.39 is 0 Å². The van der Waals surface area contributed by atoms with Gasteiger partial charge in [-0.05, 0) is 34.1 Å². The van der Waals surface area contributed by atoms with Crippen LogP contribution in [0.5, 0.6) is 0 Å². The lowest BCUT2D eigenvalue weighted by Gasteiger charge is -2.21. The quantitative estimate of drug-likeness (QED) is 0.592. The van der Waals surface area contributed by atoms with Gasteiger partial charge < -0.3 is 10.6 Å². The van der Waals surface area contributed by atoms with E-state index in [1.165, 1.54) is 32.1 Å². The van der Waals surface area contributed by atoms with Crippen molar-refractivity contribution in [2.75, 3.05) is 13.1 Å². The molecular weight excluding hydrogens is 196 g/mol. The lowest BCUT2D eigenvalue weighted by Crippen LogP contribution is -2.41. The second-order valence-corrected chi connectivity index (χ2v) is 5.88. The third kappa shape index (κ3) is 12.0. The van der Waals surface area contributed by atoms with Crippen LogP contribution in [0.3, 0.4) is 0 Å². The highest BCUT2D eigenvalue weighted by Gasteiger charge is 2.07. The first-order valence-corrected chi connectivity index (χ1v) is 6.94. The Morgan fingerprint density at radius 3 is 2.25 bits per heavy atom. The monoisotopic (exact) mass is 228 g/mol. The summed E-state index contributed by atoms with van der Waals surface area (Å²) in [7, 11) is 0. The highest BCUT2D eigenvalue weighted by atomic mass is 15.0. The maximum Gasteiger partial charge on any atom is 0.00970 e. The molecule has 0 aromatic heterocycles. The minimum Gasteiger partial charge on any atom is -0.313 e. The Morgan fingerprint density at radius 2 is 1.69 bits per heavy atom. The van der Waals surface area contributed by atoms with Crippen molar-refractivity contribution >= 4 is 0 Å². The molecule has 0 bridgehead atoms. The summed E-state index contributed by atoms with van der Waals surface area (Å²) in [5.74, 6) is 0. The van der Waals surface area contributed by atoms with E-state index in [-0.39, 0.29) is 5.54 Å². The molecule has 0 saturated heterocycles. The summed E-state index contributed by atoms with van der Waals surface area (Å²) in [5.41, 5.74) is 0.242. The Labute approximate surface area is 103 Å². The van der Waals surface area contributed by atoms with Crippen molar-refractivity contribution in [1.29, 1.82) is 0 Å². The minimum absolute atomic E-state index is 0.242. The molecule has 0 radical (unpaired) electrons. The summed E-state index contributed by atoms with van der Waals surface area (Å²) in [5, 5.41) is 7.06. The highest BCUT2D eigenvalue weighted by Crippen LogP contribution is 2.04. The fraction of sp³-hybridized carbons (Fsp3) is 1.00. The lowest BCUT2D eigenvalue weighted by molar-refractivity contribution is 0.405. The number of unbranched alkanes of at least 4 members (excludes halogenated alkanes) is 3. The summed E-state index contributed by atoms with van der Waals surface area (Å²) >= 11 is 0. The number of rotatable bonds is 9. The summed E-state index contributed by atoms with van der Waals surface area (Å²) in [4.78, 5) is 0. The number of hydrogen-bond acceptors (Lipinski definition) is 2. The van der Waals surface area contributed by atoms with Gasteiger partial charge in [-0.2, -0.15) is 0 Å². The standard InChI is InChI=1S/C14H32N2/c1-6-7-8-9-10-13(2)15-11-12-16-14(3,4)5/h13,15-16H,6-12H2,1-5H3. The van der Waals surface area contributed by atoms with E-state index in [1.807, 2.05) is 0 Å². The highest BCUT2D eigenvalue weighted by molar-refractivity contribution is 4.71. The average molecular weight is 228 g/mol. The molecule has 0 aliphatic heterocycles. The molecule has 0 amide bonds. The minimum atomic E-state index is 0.242. The van der Waals surface area contributed by atoms with Crippen LogP contribution < -0.4 is 10.6 Å². The summed E-state index contributed by atoms with van der Waals surface area (Å²) < 4.78 is 0. The predicted octanol–water partition coefficient (Wildman–Crippen LogP) is 3.32. The van der Waals surface area contributed by atoms with E-state index >= 15 is 0 Å². The van der Waals surface area contributed by atoms with E-state index in [0.717, 1.165) is 13.1 Å². The van der Waals surface area contributed by atoms with E-state index in [0.29, 0.717) is 6.04 Å². The molecule has 0 saturated carbocycles. The van der Waals surface area contributed by atoms with Crippen LogP contribution in [0.15, 0.2) is 0 Å². The van der Waals surface area contributed by atoms with Crippen LogP contribution in [0.1, 0.15) is 66.7 Å². The lowest BCUT2D eigenvalue weighted by atomic mass is 10.1. The molecule has 1 atom stereocenters. The largest absolute Gasteiger partial charge is 0.313 e. The van der Waals surface area contributed by atoms with Crippen molar-refractivity contribution in [3.05, 3.63) is 0 Å². The molecular formula is C14H32N2. The zero-order valence-electron chi connectivity index (χ0n) is 12.0. The Bertz CT molecular complexity index is 149. The summed E-state index contributed by atoms with van der Waals surface area (Å²) in [6.45, 7) is 13.3. The topological polar surface area (TPSA) is 24.1 Å². The Morgan fingerprint density at radius 1 is 1.00 bits per heavy atom. The van der Waals surface area contributed by atoms with Crippen molar-refractivity contribution in [3.8, 4) is 0 Å². The molecule has 1 unspecified atom stereocenters. The van der Waals surface area contributed by atoms with Gasteiger partial charge in [0.1, 0.15) is 0 Å². The van der Waals surface area contributed by atoms with Gasteiger partial charge in [0.05, 0.1) is 0 Å². The second-order valence-electron chi connectivity index (χ2n) is 5.88. The first-order valence-electron chi connectivity index (χ1n) is 6.94. The van der Waals surface area contributed by atoms with Crippen molar-refractivity contribution < 1.29 is 0 Å². The van der Waals surface area contributed by atoms with Crippen molar-refractivity contribution in [3.63, 3.8) is 0 Å². The number of hydrogen-bond donors (Lipinski definition) is 2. The molecule has 2 heteroatoms. The Balaban J connectivity index is 3.27. The fourth-order valence-electron chi connectivity index (χ4n) is 1.74. The van der Waals surface area contributed by atoms with Gasteiger partial charge in [-0.25, -0.2) is 0 Å². The maximum absolute atomic E-state index is 3.57. The first-order chi connectivity index (χ1) is 7.45. The van der Waals surface area contributed by atoms with Gasteiger partial charge in [0.2, 0.25) is 0 Å². The van der Waals surface area contributed by atoms with Gasteiger partial charge in [0.25, 0.3) is 0 Å². The molecule has 0 aliphatic rings. The van der Waals surface area contributed by atoms with Crippen LogP contribution in [0.2, 0.25) is 0 Å². The van der Waals surface area contributed by atoms with E-state index in [4.69, 9.17) is 0 Å². The number of nitrogens with one attached hydrogen (secondary N) is 2. The molecule has 98 valence electrons. The van der Waals surface area contributed by atoms with Crippen LogP contribution in [0, 0.1) is 0 Å². The van der Waals surface area contributed by atoms with E-state index in [9.17, 15) is 0 Å². The average Bonchev–Trinajstić information content (AvgIpc) is 2.18. The molecule has 0 aromatic rings. The van der Waals surface area contributed by atoms with Crippen molar-refractivity contribution in [2.45, 2.75) is 78.3 Å². The second kappa shape index (κ2) is 9.00. The Kier molecular flexibility index (Phi) is 8.96. The molecule has 0 heterocycles. The molecule has 2 nitrogen and oxygen atoms in total. The molecule has 16 heavy (non-hydrogen) atoms. The molecule has 0 aliphatic carbocycles. The zero-order valence-corrected chi connectivity index (χ0v) is 12.0. The normalized spacial score (nSPS) is 14.1. The SMILES string of the molecule is CCCCCCC(C)NCCNC(C)(C)C. The molecule has 0 aromatic carbocycles. The van der Waals surface area contributed by atoms with Gasteiger partial charge in [0, 0.05) is 24.7 Å². The third-order valence-electron chi connectivity index (χ3n) is 2.76. The van der Waals surface area contributed by atoms with Gasteiger partial charge >= 0.3 is 0 Å². The fourth-order valence-corrected chi connectivity index (χ4v) is 1.74. The van der Waals surface area contributed by atoms with Gasteiger partial charge in [-0.1, -0.05) is 32.6 Å². The molecule has 0 spiro atoms. The smallest absolute Gasteiger partial charge is 0.00970 e. The molecule has 0 fully saturated rings. The van der Waals surface area contributed by atoms with Gasteiger partial charge in [-0.3, -0.25) is 0 Å². The maximum atomic E-state index is 3.57. The third-order valence-corrected chi connectivity index (χ3v) is 2.76. The van der Waals surface area contributed by atoms with Crippen LogP contribution >= 0.6 is 0 Å². The van der Waals surface area contributed by atoms with Gasteiger partial charge in [0.15, 0.2) is 0 Å². The zero-order chi connectivity index (χ0) is 12.4. The van der Waals surface area contributed by atoms with Crippen LogP contribution in [0.25, 0.3) is 0 Å². The summed E-state index contributed by atoms with van der Waals surface area (Å²) in [6, 6.07) is 0.665. The Hall–Kier alpha value is -0.0800. The van der Waals surface area contributed by atoms with Crippen LogP contribution in [-0.2, 0) is 0 Å². The first kappa shape index (κ1) is 15.9. The van der Waals surface area contributed by atoms with Crippen molar-refractivity contribution in [2.24, 2.45) is 0 Å². The molecule has 0 rings (SSSR count). The van der Waals surface area contributed by atoms with Crippen molar-refractivity contribution in [1.82, 2.24) is 10.6 Å². The van der Waals surface area contributed by atoms with E-state index in [1.54, 1.807) is 0 Å². The van der Waals surface area contributed by atoms with Gasteiger partial charge in [-0.15, -0.1) is 0 Å². The van der Waals surface area contributed by atoms with Crippen LogP contribution in [0.4, 0.5) is 0 Å². The van der Waals surface area contributed by atoms with E-state index in [2.05, 4.69) is 45.3 Å². The van der Waals surface area contributed by atoms with Crippen LogP contribution in [-0.4, -0.2) is 24.7 Å². The molecule has 2 N–H and O–H groups in total.